The zero-order valence-electron chi connectivity index (χ0n) is 17.3. The van der Waals surface area contributed by atoms with Crippen molar-refractivity contribution in [2.24, 2.45) is 0 Å². The molecular weight excluding hydrogens is 418 g/mol. The number of para-hydroxylation sites is 1. The van der Waals surface area contributed by atoms with Gasteiger partial charge in [-0.15, -0.1) is 11.3 Å². The van der Waals surface area contributed by atoms with Gasteiger partial charge in [-0.25, -0.2) is 19.6 Å². The van der Waals surface area contributed by atoms with Crippen LogP contribution in [0, 0.1) is 0 Å². The first-order chi connectivity index (χ1) is 15.7. The highest BCUT2D eigenvalue weighted by atomic mass is 32.1. The molecule has 0 bridgehead atoms. The van der Waals surface area contributed by atoms with E-state index in [0.29, 0.717) is 11.1 Å². The maximum absolute atomic E-state index is 5.87. The van der Waals surface area contributed by atoms with Gasteiger partial charge in [0.15, 0.2) is 5.13 Å². The highest BCUT2D eigenvalue weighted by Crippen LogP contribution is 2.29. The first-order valence-electron chi connectivity index (χ1n) is 10.6. The maximum Gasteiger partial charge on any atom is 0.223 e. The average Bonchev–Trinajstić information content (AvgIpc) is 3.45. The van der Waals surface area contributed by atoms with E-state index in [1.54, 1.807) is 11.3 Å². The van der Waals surface area contributed by atoms with Gasteiger partial charge in [-0.05, 0) is 36.6 Å². The fraction of sp³-hybridized carbons (Fsp3) is 0.167. The number of rotatable bonds is 4. The second kappa shape index (κ2) is 7.72. The van der Waals surface area contributed by atoms with Crippen LogP contribution in [-0.4, -0.2) is 30.8 Å². The summed E-state index contributed by atoms with van der Waals surface area (Å²) < 4.78 is 1.88. The van der Waals surface area contributed by atoms with Crippen molar-refractivity contribution >= 4 is 33.3 Å². The summed E-state index contributed by atoms with van der Waals surface area (Å²) in [5.41, 5.74) is 11.1. The molecule has 0 unspecified atom stereocenters. The Morgan fingerprint density at radius 1 is 1.03 bits per heavy atom. The molecular formula is C24H21N7S. The Morgan fingerprint density at radius 3 is 2.84 bits per heavy atom. The SMILES string of the molecule is Nc1nc2c(s1)C[C@@H](Nc1ncc3ccc(-c4cnn(-c5ccccc5)c4)cc3n1)CC2. The summed E-state index contributed by atoms with van der Waals surface area (Å²) in [6.07, 6.45) is 8.64. The molecule has 0 spiro atoms. The van der Waals surface area contributed by atoms with E-state index in [4.69, 9.17) is 10.7 Å². The third-order valence-electron chi connectivity index (χ3n) is 5.81. The molecule has 1 aliphatic rings. The van der Waals surface area contributed by atoms with E-state index in [0.717, 1.165) is 52.7 Å². The molecule has 3 heterocycles. The van der Waals surface area contributed by atoms with Crippen molar-refractivity contribution in [3.8, 4) is 16.8 Å². The molecule has 1 atom stereocenters. The van der Waals surface area contributed by atoms with Crippen molar-refractivity contribution in [3.63, 3.8) is 0 Å². The molecule has 5 aromatic rings. The number of benzene rings is 2. The highest BCUT2D eigenvalue weighted by molar-refractivity contribution is 7.15. The van der Waals surface area contributed by atoms with Crippen LogP contribution in [0.15, 0.2) is 67.1 Å². The van der Waals surface area contributed by atoms with Gasteiger partial charge in [-0.2, -0.15) is 5.10 Å². The predicted octanol–water partition coefficient (Wildman–Crippen LogP) is 4.49. The fourth-order valence-corrected chi connectivity index (χ4v) is 5.13. The highest BCUT2D eigenvalue weighted by Gasteiger charge is 2.22. The number of nitrogens with two attached hydrogens (primary N) is 1. The first-order valence-corrected chi connectivity index (χ1v) is 11.4. The summed E-state index contributed by atoms with van der Waals surface area (Å²) in [6.45, 7) is 0. The predicted molar refractivity (Wildman–Crippen MR) is 128 cm³/mol. The maximum atomic E-state index is 5.87. The van der Waals surface area contributed by atoms with Crippen LogP contribution in [0.2, 0.25) is 0 Å². The molecule has 0 aliphatic heterocycles. The van der Waals surface area contributed by atoms with Crippen LogP contribution < -0.4 is 11.1 Å². The molecule has 0 amide bonds. The lowest BCUT2D eigenvalue weighted by Crippen LogP contribution is -2.27. The third-order valence-corrected chi connectivity index (χ3v) is 6.76. The van der Waals surface area contributed by atoms with Crippen molar-refractivity contribution in [1.29, 1.82) is 0 Å². The third kappa shape index (κ3) is 3.58. The molecule has 6 rings (SSSR count). The van der Waals surface area contributed by atoms with Crippen molar-refractivity contribution in [2.45, 2.75) is 25.3 Å². The quantitative estimate of drug-likeness (QED) is 0.428. The minimum absolute atomic E-state index is 0.284. The minimum atomic E-state index is 0.284. The van der Waals surface area contributed by atoms with Gasteiger partial charge in [-0.3, -0.25) is 0 Å². The number of nitrogen functional groups attached to an aromatic ring is 1. The minimum Gasteiger partial charge on any atom is -0.375 e. The van der Waals surface area contributed by atoms with E-state index in [9.17, 15) is 0 Å². The normalized spacial score (nSPS) is 15.6. The van der Waals surface area contributed by atoms with Crippen LogP contribution in [0.5, 0.6) is 0 Å². The number of aromatic nitrogens is 5. The zero-order valence-corrected chi connectivity index (χ0v) is 18.1. The Labute approximate surface area is 189 Å². The van der Waals surface area contributed by atoms with Crippen LogP contribution in [0.4, 0.5) is 11.1 Å². The van der Waals surface area contributed by atoms with Gasteiger partial charge in [0.25, 0.3) is 0 Å². The second-order valence-electron chi connectivity index (χ2n) is 7.98. The molecule has 8 heteroatoms. The Bertz CT molecular complexity index is 1410. The van der Waals surface area contributed by atoms with Gasteiger partial charge in [0.2, 0.25) is 5.95 Å². The van der Waals surface area contributed by atoms with E-state index >= 15 is 0 Å². The van der Waals surface area contributed by atoms with E-state index in [1.807, 2.05) is 53.6 Å². The summed E-state index contributed by atoms with van der Waals surface area (Å²) >= 11 is 1.58. The zero-order chi connectivity index (χ0) is 21.5. The molecule has 158 valence electrons. The topological polar surface area (TPSA) is 94.5 Å². The van der Waals surface area contributed by atoms with Crippen molar-refractivity contribution in [2.75, 3.05) is 11.1 Å². The Morgan fingerprint density at radius 2 is 1.94 bits per heavy atom. The van der Waals surface area contributed by atoms with Crippen LogP contribution in [-0.2, 0) is 12.8 Å². The lowest BCUT2D eigenvalue weighted by atomic mass is 9.98. The number of hydrogen-bond donors (Lipinski definition) is 2. The summed E-state index contributed by atoms with van der Waals surface area (Å²) in [5.74, 6) is 0.653. The number of nitrogens with one attached hydrogen (secondary N) is 1. The Hall–Kier alpha value is -3.78. The molecule has 32 heavy (non-hydrogen) atoms. The summed E-state index contributed by atoms with van der Waals surface area (Å²) in [6, 6.07) is 16.6. The number of nitrogens with zero attached hydrogens (tertiary/aromatic N) is 5. The first kappa shape index (κ1) is 18.9. The summed E-state index contributed by atoms with van der Waals surface area (Å²) in [7, 11) is 0. The monoisotopic (exact) mass is 439 g/mol. The second-order valence-corrected chi connectivity index (χ2v) is 9.10. The standard InChI is InChI=1S/C24H21N7S/c25-23-29-20-9-8-18(11-22(20)32-23)28-24-26-12-16-7-6-15(10-21(16)30-24)17-13-27-31(14-17)19-4-2-1-3-5-19/h1-7,10,12-14,18H,8-9,11H2,(H2,25,29)(H,26,28,30)/t18-/m0/s1. The molecule has 0 saturated heterocycles. The van der Waals surface area contributed by atoms with Crippen molar-refractivity contribution in [3.05, 3.63) is 77.7 Å². The number of thiazole rings is 1. The van der Waals surface area contributed by atoms with Crippen LogP contribution in [0.1, 0.15) is 17.0 Å². The smallest absolute Gasteiger partial charge is 0.223 e. The number of aryl methyl sites for hydroxylation is 1. The largest absolute Gasteiger partial charge is 0.375 e. The summed E-state index contributed by atoms with van der Waals surface area (Å²) in [5, 5.41) is 9.69. The van der Waals surface area contributed by atoms with E-state index in [2.05, 4.69) is 38.6 Å². The van der Waals surface area contributed by atoms with Gasteiger partial charge in [-0.1, -0.05) is 30.3 Å². The average molecular weight is 440 g/mol. The molecule has 0 fully saturated rings. The lowest BCUT2D eigenvalue weighted by molar-refractivity contribution is 0.606. The summed E-state index contributed by atoms with van der Waals surface area (Å²) in [4.78, 5) is 15.0. The number of fused-ring (bicyclic) bond motifs is 2. The van der Waals surface area contributed by atoms with Gasteiger partial charge in [0.1, 0.15) is 0 Å². The molecule has 1 aliphatic carbocycles. The van der Waals surface area contributed by atoms with Crippen LogP contribution in [0.25, 0.3) is 27.7 Å². The molecule has 7 nitrogen and oxygen atoms in total. The molecule has 0 saturated carbocycles. The van der Waals surface area contributed by atoms with Gasteiger partial charge in [0, 0.05) is 40.7 Å². The molecule has 2 aromatic carbocycles. The van der Waals surface area contributed by atoms with E-state index in [1.165, 1.54) is 4.88 Å². The molecule has 3 N–H and O–H groups in total. The number of anilines is 2. The Kier molecular flexibility index (Phi) is 4.57. The van der Waals surface area contributed by atoms with Crippen molar-refractivity contribution < 1.29 is 0 Å². The van der Waals surface area contributed by atoms with Crippen LogP contribution in [0.3, 0.4) is 0 Å². The van der Waals surface area contributed by atoms with Gasteiger partial charge >= 0.3 is 0 Å². The van der Waals surface area contributed by atoms with Crippen molar-refractivity contribution in [1.82, 2.24) is 24.7 Å². The molecule has 3 aromatic heterocycles. The molecule has 0 radical (unpaired) electrons. The fourth-order valence-electron chi connectivity index (χ4n) is 4.17. The van der Waals surface area contributed by atoms with Crippen LogP contribution >= 0.6 is 11.3 Å². The van der Waals surface area contributed by atoms with Gasteiger partial charge < -0.3 is 11.1 Å². The van der Waals surface area contributed by atoms with E-state index in [-0.39, 0.29) is 6.04 Å². The number of hydrogen-bond acceptors (Lipinski definition) is 7. The van der Waals surface area contributed by atoms with Gasteiger partial charge in [0.05, 0.1) is 23.1 Å². The Balaban J connectivity index is 1.25. The van der Waals surface area contributed by atoms with E-state index < -0.39 is 0 Å². The lowest BCUT2D eigenvalue weighted by Gasteiger charge is -2.22.